The number of thiocarbonyl (C=S) groups is 1. The Balaban J connectivity index is 1.90. The first-order chi connectivity index (χ1) is 11.1. The van der Waals surface area contributed by atoms with Gasteiger partial charge in [0, 0.05) is 15.7 Å². The van der Waals surface area contributed by atoms with Crippen molar-refractivity contribution in [2.75, 3.05) is 11.9 Å². The molecule has 2 aromatic rings. The van der Waals surface area contributed by atoms with Crippen molar-refractivity contribution >= 4 is 44.9 Å². The van der Waals surface area contributed by atoms with E-state index in [0.29, 0.717) is 12.2 Å². The molecule has 0 unspecified atom stereocenters. The molecule has 0 heterocycles. The summed E-state index contributed by atoms with van der Waals surface area (Å²) in [6, 6.07) is 14.5. The minimum Gasteiger partial charge on any atom is -0.494 e. The molecule has 0 aliphatic rings. The predicted molar refractivity (Wildman–Crippen MR) is 100 cm³/mol. The molecule has 0 saturated carbocycles. The summed E-state index contributed by atoms with van der Waals surface area (Å²) in [7, 11) is 0. The monoisotopic (exact) mass is 392 g/mol. The van der Waals surface area contributed by atoms with E-state index in [1.165, 1.54) is 0 Å². The molecule has 0 bridgehead atoms. The number of hydrogen-bond acceptors (Lipinski definition) is 3. The smallest absolute Gasteiger partial charge is 0.257 e. The Morgan fingerprint density at radius 3 is 2.39 bits per heavy atom. The van der Waals surface area contributed by atoms with Gasteiger partial charge in [0.2, 0.25) is 0 Å². The fourth-order valence-corrected chi connectivity index (χ4v) is 2.27. The first-order valence-electron chi connectivity index (χ1n) is 7.19. The van der Waals surface area contributed by atoms with Gasteiger partial charge in [-0.15, -0.1) is 0 Å². The molecule has 0 aliphatic heterocycles. The Kier molecular flexibility index (Phi) is 6.55. The van der Waals surface area contributed by atoms with Crippen LogP contribution < -0.4 is 15.4 Å². The number of benzene rings is 2. The minimum absolute atomic E-state index is 0.253. The summed E-state index contributed by atoms with van der Waals surface area (Å²) in [5, 5.41) is 5.87. The lowest BCUT2D eigenvalue weighted by Crippen LogP contribution is -2.34. The largest absolute Gasteiger partial charge is 0.494 e. The summed E-state index contributed by atoms with van der Waals surface area (Å²) in [5.74, 6) is 0.487. The van der Waals surface area contributed by atoms with Gasteiger partial charge in [0.1, 0.15) is 5.75 Å². The molecule has 0 fully saturated rings. The zero-order valence-electron chi connectivity index (χ0n) is 12.6. The molecule has 0 aliphatic carbocycles. The highest BCUT2D eigenvalue weighted by molar-refractivity contribution is 9.10. The van der Waals surface area contributed by atoms with Gasteiger partial charge in [0.15, 0.2) is 5.11 Å². The molecule has 4 nitrogen and oxygen atoms in total. The lowest BCUT2D eigenvalue weighted by molar-refractivity contribution is 0.0977. The average Bonchev–Trinajstić information content (AvgIpc) is 2.55. The number of carbonyl (C=O) groups excluding carboxylic acids is 1. The third kappa shape index (κ3) is 5.65. The van der Waals surface area contributed by atoms with Gasteiger partial charge >= 0.3 is 0 Å². The van der Waals surface area contributed by atoms with Crippen molar-refractivity contribution in [3.05, 3.63) is 58.6 Å². The first-order valence-corrected chi connectivity index (χ1v) is 8.39. The van der Waals surface area contributed by atoms with E-state index in [-0.39, 0.29) is 11.0 Å². The normalized spacial score (nSPS) is 10.0. The summed E-state index contributed by atoms with van der Waals surface area (Å²) in [4.78, 5) is 12.1. The van der Waals surface area contributed by atoms with Crippen LogP contribution >= 0.6 is 28.1 Å². The van der Waals surface area contributed by atoms with Crippen molar-refractivity contribution in [1.29, 1.82) is 0 Å². The second-order valence-electron chi connectivity index (χ2n) is 4.79. The van der Waals surface area contributed by atoms with Crippen LogP contribution in [0.15, 0.2) is 53.0 Å². The predicted octanol–water partition coefficient (Wildman–Crippen LogP) is 4.36. The third-order valence-corrected chi connectivity index (χ3v) is 3.65. The summed E-state index contributed by atoms with van der Waals surface area (Å²) >= 11 is 8.51. The van der Waals surface area contributed by atoms with E-state index in [2.05, 4.69) is 26.6 Å². The van der Waals surface area contributed by atoms with Gasteiger partial charge in [-0.25, -0.2) is 0 Å². The molecule has 2 rings (SSSR count). The molecule has 2 N–H and O–H groups in total. The topological polar surface area (TPSA) is 50.4 Å². The van der Waals surface area contributed by atoms with Gasteiger partial charge in [-0.05, 0) is 67.2 Å². The summed E-state index contributed by atoms with van der Waals surface area (Å²) in [5.41, 5.74) is 1.33. The zero-order chi connectivity index (χ0) is 16.7. The number of hydrogen-bond donors (Lipinski definition) is 2. The molecule has 0 spiro atoms. The van der Waals surface area contributed by atoms with Crippen LogP contribution in [0.2, 0.25) is 0 Å². The molecule has 0 atom stereocenters. The number of amides is 1. The van der Waals surface area contributed by atoms with Gasteiger partial charge in [0.25, 0.3) is 5.91 Å². The molecule has 6 heteroatoms. The number of halogens is 1. The summed E-state index contributed by atoms with van der Waals surface area (Å²) in [6.45, 7) is 2.70. The van der Waals surface area contributed by atoms with Crippen LogP contribution in [0.1, 0.15) is 23.7 Å². The van der Waals surface area contributed by atoms with E-state index in [4.69, 9.17) is 17.0 Å². The zero-order valence-corrected chi connectivity index (χ0v) is 15.0. The number of anilines is 1. The van der Waals surface area contributed by atoms with Crippen molar-refractivity contribution in [2.45, 2.75) is 13.3 Å². The van der Waals surface area contributed by atoms with E-state index in [1.807, 2.05) is 31.2 Å². The second kappa shape index (κ2) is 8.64. The van der Waals surface area contributed by atoms with E-state index in [1.54, 1.807) is 24.3 Å². The Bertz CT molecular complexity index is 672. The van der Waals surface area contributed by atoms with Crippen molar-refractivity contribution in [3.63, 3.8) is 0 Å². The number of ether oxygens (including phenoxy) is 1. The fourth-order valence-electron chi connectivity index (χ4n) is 1.79. The van der Waals surface area contributed by atoms with Gasteiger partial charge in [-0.1, -0.05) is 22.9 Å². The van der Waals surface area contributed by atoms with Crippen molar-refractivity contribution in [1.82, 2.24) is 5.32 Å². The fraction of sp³-hybridized carbons (Fsp3) is 0.176. The SMILES string of the molecule is CCCOc1ccc(C(=O)NC(=S)Nc2ccc(Br)cc2)cc1. The van der Waals surface area contributed by atoms with Crippen LogP contribution in [0.5, 0.6) is 5.75 Å². The first kappa shape index (κ1) is 17.4. The van der Waals surface area contributed by atoms with Crippen LogP contribution in [0.25, 0.3) is 0 Å². The van der Waals surface area contributed by atoms with E-state index in [0.717, 1.165) is 22.3 Å². The van der Waals surface area contributed by atoms with Gasteiger partial charge < -0.3 is 10.1 Å². The molecule has 2 aromatic carbocycles. The highest BCUT2D eigenvalue weighted by atomic mass is 79.9. The molecule has 23 heavy (non-hydrogen) atoms. The maximum atomic E-state index is 12.1. The maximum Gasteiger partial charge on any atom is 0.257 e. The Labute approximate surface area is 149 Å². The second-order valence-corrected chi connectivity index (χ2v) is 6.11. The number of carbonyl (C=O) groups is 1. The quantitative estimate of drug-likeness (QED) is 0.741. The molecule has 0 radical (unpaired) electrons. The van der Waals surface area contributed by atoms with E-state index in [9.17, 15) is 4.79 Å². The minimum atomic E-state index is -0.262. The van der Waals surface area contributed by atoms with Crippen LogP contribution in [0, 0.1) is 0 Å². The molecule has 1 amide bonds. The maximum absolute atomic E-state index is 12.1. The Morgan fingerprint density at radius 1 is 1.13 bits per heavy atom. The molecule has 0 saturated heterocycles. The van der Waals surface area contributed by atoms with Gasteiger partial charge in [-0.2, -0.15) is 0 Å². The van der Waals surface area contributed by atoms with Crippen LogP contribution in [-0.4, -0.2) is 17.6 Å². The van der Waals surface area contributed by atoms with Crippen molar-refractivity contribution in [3.8, 4) is 5.75 Å². The molecular formula is C17H17BrN2O2S. The summed E-state index contributed by atoms with van der Waals surface area (Å²) < 4.78 is 6.46. The van der Waals surface area contributed by atoms with E-state index >= 15 is 0 Å². The third-order valence-electron chi connectivity index (χ3n) is 2.92. The van der Waals surface area contributed by atoms with Crippen molar-refractivity contribution in [2.24, 2.45) is 0 Å². The Hall–Kier alpha value is -1.92. The van der Waals surface area contributed by atoms with E-state index < -0.39 is 0 Å². The number of nitrogens with one attached hydrogen (secondary N) is 2. The average molecular weight is 393 g/mol. The van der Waals surface area contributed by atoms with Gasteiger partial charge in [-0.3, -0.25) is 10.1 Å². The highest BCUT2D eigenvalue weighted by Crippen LogP contribution is 2.14. The standard InChI is InChI=1S/C17H17BrN2O2S/c1-2-11-22-15-9-3-12(4-10-15)16(21)20-17(23)19-14-7-5-13(18)6-8-14/h3-10H,2,11H2,1H3,(H2,19,20,21,23). The Morgan fingerprint density at radius 2 is 1.78 bits per heavy atom. The van der Waals surface area contributed by atoms with Gasteiger partial charge in [0.05, 0.1) is 6.61 Å². The summed E-state index contributed by atoms with van der Waals surface area (Å²) in [6.07, 6.45) is 0.943. The molecule has 120 valence electrons. The lowest BCUT2D eigenvalue weighted by Gasteiger charge is -2.10. The highest BCUT2D eigenvalue weighted by Gasteiger charge is 2.08. The van der Waals surface area contributed by atoms with Crippen LogP contribution in [0.4, 0.5) is 5.69 Å². The van der Waals surface area contributed by atoms with Crippen molar-refractivity contribution < 1.29 is 9.53 Å². The number of rotatable bonds is 5. The molecule has 0 aromatic heterocycles. The lowest BCUT2D eigenvalue weighted by atomic mass is 10.2. The van der Waals surface area contributed by atoms with Crippen LogP contribution in [-0.2, 0) is 0 Å². The molecular weight excluding hydrogens is 376 g/mol. The van der Waals surface area contributed by atoms with Crippen LogP contribution in [0.3, 0.4) is 0 Å².